The van der Waals surface area contributed by atoms with E-state index < -0.39 is 0 Å². The monoisotopic (exact) mass is 341 g/mol. The molecule has 0 spiro atoms. The van der Waals surface area contributed by atoms with Gasteiger partial charge in [0.2, 0.25) is 17.7 Å². The van der Waals surface area contributed by atoms with E-state index in [0.29, 0.717) is 24.6 Å². The molecule has 1 aromatic carbocycles. The summed E-state index contributed by atoms with van der Waals surface area (Å²) >= 11 is 1.63. The SMILES string of the molecule is Cc1ccc(-c2nnc(CCC(=O)NC(C)c3cccs3)o2)cc1. The van der Waals surface area contributed by atoms with Gasteiger partial charge in [-0.15, -0.1) is 21.5 Å². The first-order valence-corrected chi connectivity index (χ1v) is 8.72. The van der Waals surface area contributed by atoms with Crippen molar-refractivity contribution in [2.45, 2.75) is 32.7 Å². The lowest BCUT2D eigenvalue weighted by Crippen LogP contribution is -2.26. The van der Waals surface area contributed by atoms with Gasteiger partial charge in [-0.1, -0.05) is 23.8 Å². The molecule has 6 heteroatoms. The molecule has 0 saturated carbocycles. The predicted molar refractivity (Wildman–Crippen MR) is 93.7 cm³/mol. The smallest absolute Gasteiger partial charge is 0.247 e. The van der Waals surface area contributed by atoms with Crippen molar-refractivity contribution >= 4 is 17.2 Å². The molecule has 5 nitrogen and oxygen atoms in total. The molecular weight excluding hydrogens is 322 g/mol. The van der Waals surface area contributed by atoms with E-state index >= 15 is 0 Å². The first kappa shape index (κ1) is 16.4. The largest absolute Gasteiger partial charge is 0.421 e. The van der Waals surface area contributed by atoms with Crippen LogP contribution in [0.3, 0.4) is 0 Å². The maximum atomic E-state index is 12.0. The van der Waals surface area contributed by atoms with Gasteiger partial charge < -0.3 is 9.73 Å². The minimum Gasteiger partial charge on any atom is -0.421 e. The summed E-state index contributed by atoms with van der Waals surface area (Å²) in [5, 5.41) is 13.1. The van der Waals surface area contributed by atoms with Crippen molar-refractivity contribution in [2.75, 3.05) is 0 Å². The van der Waals surface area contributed by atoms with Crippen molar-refractivity contribution in [1.29, 1.82) is 0 Å². The van der Waals surface area contributed by atoms with Gasteiger partial charge in [-0.25, -0.2) is 0 Å². The Morgan fingerprint density at radius 2 is 2.04 bits per heavy atom. The first-order valence-electron chi connectivity index (χ1n) is 7.84. The molecule has 2 heterocycles. The van der Waals surface area contributed by atoms with Crippen molar-refractivity contribution < 1.29 is 9.21 Å². The molecule has 0 bridgehead atoms. The highest BCUT2D eigenvalue weighted by Gasteiger charge is 2.13. The van der Waals surface area contributed by atoms with Crippen LogP contribution in [0.15, 0.2) is 46.2 Å². The second kappa shape index (κ2) is 7.40. The van der Waals surface area contributed by atoms with E-state index in [2.05, 4.69) is 15.5 Å². The summed E-state index contributed by atoms with van der Waals surface area (Å²) < 4.78 is 5.64. The third-order valence-electron chi connectivity index (χ3n) is 3.68. The lowest BCUT2D eigenvalue weighted by molar-refractivity contribution is -0.121. The number of rotatable bonds is 6. The molecule has 1 unspecified atom stereocenters. The quantitative estimate of drug-likeness (QED) is 0.738. The number of aryl methyl sites for hydroxylation is 2. The molecule has 2 aromatic heterocycles. The first-order chi connectivity index (χ1) is 11.6. The number of aromatic nitrogens is 2. The van der Waals surface area contributed by atoms with Gasteiger partial charge in [0, 0.05) is 23.3 Å². The number of hydrogen-bond donors (Lipinski definition) is 1. The van der Waals surface area contributed by atoms with Gasteiger partial charge >= 0.3 is 0 Å². The number of benzene rings is 1. The fraction of sp³-hybridized carbons (Fsp3) is 0.278. The number of thiophene rings is 1. The van der Waals surface area contributed by atoms with Gasteiger partial charge in [0.25, 0.3) is 0 Å². The molecule has 1 amide bonds. The molecule has 24 heavy (non-hydrogen) atoms. The summed E-state index contributed by atoms with van der Waals surface area (Å²) in [4.78, 5) is 13.2. The molecule has 0 aliphatic rings. The van der Waals surface area contributed by atoms with E-state index in [1.54, 1.807) is 11.3 Å². The molecule has 0 saturated heterocycles. The van der Waals surface area contributed by atoms with E-state index in [4.69, 9.17) is 4.42 Å². The number of hydrogen-bond acceptors (Lipinski definition) is 5. The fourth-order valence-electron chi connectivity index (χ4n) is 2.31. The Bertz CT molecular complexity index is 794. The highest BCUT2D eigenvalue weighted by Crippen LogP contribution is 2.20. The second-order valence-corrected chi connectivity index (χ2v) is 6.65. The van der Waals surface area contributed by atoms with Gasteiger partial charge in [0.1, 0.15) is 0 Å². The van der Waals surface area contributed by atoms with Crippen molar-refractivity contribution in [3.8, 4) is 11.5 Å². The molecule has 0 aliphatic heterocycles. The number of carbonyl (C=O) groups is 1. The molecule has 0 aliphatic carbocycles. The van der Waals surface area contributed by atoms with Gasteiger partial charge in [0.15, 0.2) is 0 Å². The standard InChI is InChI=1S/C18H19N3O2S/c1-12-5-7-14(8-6-12)18-21-20-17(23-18)10-9-16(22)19-13(2)15-4-3-11-24-15/h3-8,11,13H,9-10H2,1-2H3,(H,19,22). The third kappa shape index (κ3) is 4.08. The van der Waals surface area contributed by atoms with E-state index in [1.165, 1.54) is 5.56 Å². The highest BCUT2D eigenvalue weighted by molar-refractivity contribution is 7.10. The van der Waals surface area contributed by atoms with Gasteiger partial charge in [-0.05, 0) is 37.4 Å². The van der Waals surface area contributed by atoms with Crippen LogP contribution in [0.4, 0.5) is 0 Å². The number of nitrogens with zero attached hydrogens (tertiary/aromatic N) is 2. The van der Waals surface area contributed by atoms with Gasteiger partial charge in [-0.3, -0.25) is 4.79 Å². The summed E-state index contributed by atoms with van der Waals surface area (Å²) in [6, 6.07) is 11.9. The summed E-state index contributed by atoms with van der Waals surface area (Å²) in [5.41, 5.74) is 2.06. The summed E-state index contributed by atoms with van der Waals surface area (Å²) in [7, 11) is 0. The molecule has 1 atom stereocenters. The van der Waals surface area contributed by atoms with E-state index in [0.717, 1.165) is 10.4 Å². The van der Waals surface area contributed by atoms with Crippen LogP contribution in [-0.2, 0) is 11.2 Å². The van der Waals surface area contributed by atoms with Crippen LogP contribution in [0.1, 0.15) is 35.7 Å². The Hall–Kier alpha value is -2.47. The Balaban J connectivity index is 1.53. The number of carbonyl (C=O) groups excluding carboxylic acids is 1. The summed E-state index contributed by atoms with van der Waals surface area (Å²) in [6.45, 7) is 4.00. The summed E-state index contributed by atoms with van der Waals surface area (Å²) in [6.07, 6.45) is 0.757. The average Bonchev–Trinajstić information content (AvgIpc) is 3.25. The van der Waals surface area contributed by atoms with Crippen molar-refractivity contribution in [1.82, 2.24) is 15.5 Å². The van der Waals surface area contributed by atoms with Crippen LogP contribution in [-0.4, -0.2) is 16.1 Å². The lowest BCUT2D eigenvalue weighted by Gasteiger charge is -2.11. The van der Waals surface area contributed by atoms with Crippen LogP contribution in [0, 0.1) is 6.92 Å². The van der Waals surface area contributed by atoms with Crippen LogP contribution >= 0.6 is 11.3 Å². The predicted octanol–water partition coefficient (Wildman–Crippen LogP) is 3.92. The summed E-state index contributed by atoms with van der Waals surface area (Å²) in [5.74, 6) is 0.938. The van der Waals surface area contributed by atoms with Crippen LogP contribution in [0.25, 0.3) is 11.5 Å². The molecule has 0 fully saturated rings. The number of nitrogens with one attached hydrogen (secondary N) is 1. The van der Waals surface area contributed by atoms with Crippen molar-refractivity contribution in [3.05, 3.63) is 58.1 Å². The van der Waals surface area contributed by atoms with Gasteiger partial charge in [-0.2, -0.15) is 0 Å². The van der Waals surface area contributed by atoms with Crippen LogP contribution in [0.2, 0.25) is 0 Å². The van der Waals surface area contributed by atoms with E-state index in [1.807, 2.05) is 55.6 Å². The minimum atomic E-state index is -0.0222. The second-order valence-electron chi connectivity index (χ2n) is 5.67. The average molecular weight is 341 g/mol. The van der Waals surface area contributed by atoms with E-state index in [9.17, 15) is 4.79 Å². The zero-order valence-electron chi connectivity index (χ0n) is 13.7. The maximum absolute atomic E-state index is 12.0. The molecule has 124 valence electrons. The van der Waals surface area contributed by atoms with Crippen LogP contribution in [0.5, 0.6) is 0 Å². The Kier molecular flexibility index (Phi) is 5.05. The normalized spacial score (nSPS) is 12.1. The number of amides is 1. The molecular formula is C18H19N3O2S. The molecule has 0 radical (unpaired) electrons. The topological polar surface area (TPSA) is 68.0 Å². The van der Waals surface area contributed by atoms with Crippen molar-refractivity contribution in [2.24, 2.45) is 0 Å². The van der Waals surface area contributed by atoms with E-state index in [-0.39, 0.29) is 11.9 Å². The zero-order chi connectivity index (χ0) is 16.9. The lowest BCUT2D eigenvalue weighted by atomic mass is 10.1. The van der Waals surface area contributed by atoms with Crippen molar-refractivity contribution in [3.63, 3.8) is 0 Å². The zero-order valence-corrected chi connectivity index (χ0v) is 14.5. The highest BCUT2D eigenvalue weighted by atomic mass is 32.1. The minimum absolute atomic E-state index is 0.0169. The fourth-order valence-corrected chi connectivity index (χ4v) is 3.04. The maximum Gasteiger partial charge on any atom is 0.247 e. The Labute approximate surface area is 144 Å². The van der Waals surface area contributed by atoms with Gasteiger partial charge in [0.05, 0.1) is 6.04 Å². The Morgan fingerprint density at radius 3 is 2.75 bits per heavy atom. The van der Waals surface area contributed by atoms with Crippen LogP contribution < -0.4 is 5.32 Å². The molecule has 1 N–H and O–H groups in total. The Morgan fingerprint density at radius 1 is 1.25 bits per heavy atom. The third-order valence-corrected chi connectivity index (χ3v) is 4.73. The molecule has 3 rings (SSSR count). The molecule has 3 aromatic rings.